The zero-order chi connectivity index (χ0) is 24.5. The van der Waals surface area contributed by atoms with Crippen LogP contribution < -0.4 is 15.4 Å². The second-order valence-corrected chi connectivity index (χ2v) is 11.4. The number of nitrogens with one attached hydrogen (secondary N) is 2. The summed E-state index contributed by atoms with van der Waals surface area (Å²) in [5.41, 5.74) is 0.652. The van der Waals surface area contributed by atoms with Gasteiger partial charge in [-0.1, -0.05) is 33.6 Å². The van der Waals surface area contributed by atoms with Crippen molar-refractivity contribution in [1.82, 2.24) is 10.6 Å². The molecule has 4 rings (SSSR count). The SMILES string of the molecule is COc1ccc(C(=O)N[C@H]2CC[C@@]3(C)CC[C@H]([C@H](C)C(=O)NC4CCCC4)[C@H](O)[C@H]3[C@H]2C)cc1. The highest BCUT2D eigenvalue weighted by atomic mass is 16.5. The Morgan fingerprint density at radius 3 is 2.35 bits per heavy atom. The summed E-state index contributed by atoms with van der Waals surface area (Å²) in [6.45, 7) is 6.44. The van der Waals surface area contributed by atoms with Crippen LogP contribution in [-0.4, -0.2) is 42.2 Å². The Hall–Kier alpha value is -2.08. The van der Waals surface area contributed by atoms with E-state index in [4.69, 9.17) is 4.74 Å². The molecule has 1 aromatic rings. The fourth-order valence-electron chi connectivity index (χ4n) is 7.09. The molecular weight excluding hydrogens is 428 g/mol. The lowest BCUT2D eigenvalue weighted by atomic mass is 9.51. The number of ether oxygens (including phenoxy) is 1. The number of methoxy groups -OCH3 is 1. The maximum Gasteiger partial charge on any atom is 0.251 e. The van der Waals surface area contributed by atoms with Crippen LogP contribution >= 0.6 is 0 Å². The molecule has 6 heteroatoms. The summed E-state index contributed by atoms with van der Waals surface area (Å²) in [4.78, 5) is 25.9. The lowest BCUT2D eigenvalue weighted by molar-refractivity contribution is -0.142. The normalized spacial score (nSPS) is 34.7. The van der Waals surface area contributed by atoms with Crippen LogP contribution in [0.4, 0.5) is 0 Å². The lowest BCUT2D eigenvalue weighted by Crippen LogP contribution is -2.58. The first-order valence-corrected chi connectivity index (χ1v) is 13.2. The number of benzene rings is 1. The number of amides is 2. The highest BCUT2D eigenvalue weighted by molar-refractivity contribution is 5.94. The lowest BCUT2D eigenvalue weighted by Gasteiger charge is -2.56. The largest absolute Gasteiger partial charge is 0.497 e. The molecule has 2 amide bonds. The van der Waals surface area contributed by atoms with Crippen LogP contribution in [0.5, 0.6) is 5.75 Å². The van der Waals surface area contributed by atoms with E-state index in [1.54, 1.807) is 31.4 Å². The standard InChI is InChI=1S/C28H42N2O4/c1-17(26(32)29-20-7-5-6-8-20)22-13-15-28(3)16-14-23(18(2)24(28)25(22)31)30-27(33)19-9-11-21(34-4)12-10-19/h9-12,17-18,20,22-25,31H,5-8,13-16H2,1-4H3,(H,29,32)(H,30,33)/t17-,18-,22+,23-,24+,25-,28+/m0/s1. The molecule has 0 radical (unpaired) electrons. The van der Waals surface area contributed by atoms with Crippen molar-refractivity contribution in [3.8, 4) is 5.75 Å². The number of fused-ring (bicyclic) bond motifs is 1. The Morgan fingerprint density at radius 2 is 1.71 bits per heavy atom. The van der Waals surface area contributed by atoms with Gasteiger partial charge in [-0.05, 0) is 86.0 Å². The number of hydrogen-bond acceptors (Lipinski definition) is 4. The summed E-state index contributed by atoms with van der Waals surface area (Å²) in [7, 11) is 1.61. The number of carbonyl (C=O) groups excluding carboxylic acids is 2. The first-order chi connectivity index (χ1) is 16.2. The minimum atomic E-state index is -0.543. The minimum absolute atomic E-state index is 0.00342. The molecule has 0 heterocycles. The zero-order valence-corrected chi connectivity index (χ0v) is 21.2. The van der Waals surface area contributed by atoms with Crippen LogP contribution in [0.2, 0.25) is 0 Å². The zero-order valence-electron chi connectivity index (χ0n) is 21.2. The first-order valence-electron chi connectivity index (χ1n) is 13.2. The van der Waals surface area contributed by atoms with Gasteiger partial charge in [0.05, 0.1) is 13.2 Å². The van der Waals surface area contributed by atoms with E-state index in [1.165, 1.54) is 12.8 Å². The van der Waals surface area contributed by atoms with Gasteiger partial charge < -0.3 is 20.5 Å². The van der Waals surface area contributed by atoms with Crippen molar-refractivity contribution in [3.63, 3.8) is 0 Å². The quantitative estimate of drug-likeness (QED) is 0.578. The molecule has 0 aromatic heterocycles. The molecular formula is C28H42N2O4. The second kappa shape index (κ2) is 10.3. The molecule has 7 atom stereocenters. The number of aliphatic hydroxyl groups excluding tert-OH is 1. The van der Waals surface area contributed by atoms with Crippen molar-refractivity contribution in [3.05, 3.63) is 29.8 Å². The van der Waals surface area contributed by atoms with Gasteiger partial charge in [0.1, 0.15) is 5.75 Å². The molecule has 0 unspecified atom stereocenters. The van der Waals surface area contributed by atoms with Crippen molar-refractivity contribution in [1.29, 1.82) is 0 Å². The van der Waals surface area contributed by atoms with Gasteiger partial charge >= 0.3 is 0 Å². The molecule has 3 saturated carbocycles. The number of rotatable bonds is 6. The highest BCUT2D eigenvalue weighted by Crippen LogP contribution is 2.55. The van der Waals surface area contributed by atoms with E-state index in [0.29, 0.717) is 11.6 Å². The fourth-order valence-corrected chi connectivity index (χ4v) is 7.09. The maximum absolute atomic E-state index is 13.0. The average Bonchev–Trinajstić information content (AvgIpc) is 3.33. The molecule has 3 N–H and O–H groups in total. The molecule has 0 spiro atoms. The third kappa shape index (κ3) is 4.98. The first kappa shape index (κ1) is 25.0. The van der Waals surface area contributed by atoms with Gasteiger partial charge in [-0.3, -0.25) is 9.59 Å². The van der Waals surface area contributed by atoms with Crippen molar-refractivity contribution in [2.24, 2.45) is 29.1 Å². The van der Waals surface area contributed by atoms with E-state index in [-0.39, 0.29) is 46.9 Å². The third-order valence-electron chi connectivity index (χ3n) is 9.31. The van der Waals surface area contributed by atoms with E-state index in [0.717, 1.165) is 44.3 Å². The van der Waals surface area contributed by atoms with E-state index in [2.05, 4.69) is 24.5 Å². The summed E-state index contributed by atoms with van der Waals surface area (Å²) in [6, 6.07) is 7.45. The fraction of sp³-hybridized carbons (Fsp3) is 0.714. The van der Waals surface area contributed by atoms with Crippen molar-refractivity contribution in [2.75, 3.05) is 7.11 Å². The monoisotopic (exact) mass is 470 g/mol. The van der Waals surface area contributed by atoms with Crippen molar-refractivity contribution in [2.45, 2.75) is 90.3 Å². The topological polar surface area (TPSA) is 87.7 Å². The van der Waals surface area contributed by atoms with Crippen LogP contribution in [0.3, 0.4) is 0 Å². The van der Waals surface area contributed by atoms with Gasteiger partial charge in [0.15, 0.2) is 0 Å². The second-order valence-electron chi connectivity index (χ2n) is 11.4. The maximum atomic E-state index is 13.0. The molecule has 3 aliphatic rings. The molecule has 0 saturated heterocycles. The number of hydrogen-bond donors (Lipinski definition) is 3. The van der Waals surface area contributed by atoms with Gasteiger partial charge in [0, 0.05) is 23.6 Å². The Bertz CT molecular complexity index is 866. The number of aliphatic hydroxyl groups is 1. The smallest absolute Gasteiger partial charge is 0.251 e. The van der Waals surface area contributed by atoms with Crippen molar-refractivity contribution < 1.29 is 19.4 Å². The molecule has 0 bridgehead atoms. The van der Waals surface area contributed by atoms with Gasteiger partial charge in [-0.2, -0.15) is 0 Å². The van der Waals surface area contributed by atoms with Crippen LogP contribution in [0.1, 0.15) is 82.5 Å². The van der Waals surface area contributed by atoms with Gasteiger partial charge in [-0.25, -0.2) is 0 Å². The Balaban J connectivity index is 1.43. The summed E-state index contributed by atoms with van der Waals surface area (Å²) in [5, 5.41) is 18.1. The van der Waals surface area contributed by atoms with Gasteiger partial charge in [-0.15, -0.1) is 0 Å². The van der Waals surface area contributed by atoms with Crippen LogP contribution in [0.25, 0.3) is 0 Å². The number of carbonyl (C=O) groups is 2. The molecule has 1 aromatic carbocycles. The minimum Gasteiger partial charge on any atom is -0.497 e. The summed E-state index contributed by atoms with van der Waals surface area (Å²) in [6.07, 6.45) is 7.75. The highest BCUT2D eigenvalue weighted by Gasteiger charge is 2.54. The summed E-state index contributed by atoms with van der Waals surface area (Å²) >= 11 is 0. The predicted molar refractivity (Wildman–Crippen MR) is 133 cm³/mol. The molecule has 188 valence electrons. The third-order valence-corrected chi connectivity index (χ3v) is 9.31. The van der Waals surface area contributed by atoms with E-state index >= 15 is 0 Å². The van der Waals surface area contributed by atoms with E-state index in [1.807, 2.05) is 6.92 Å². The molecule has 3 aliphatic carbocycles. The van der Waals surface area contributed by atoms with Crippen LogP contribution in [0.15, 0.2) is 24.3 Å². The Labute approximate surface area is 204 Å². The molecule has 0 aliphatic heterocycles. The predicted octanol–water partition coefficient (Wildman–Crippen LogP) is 4.31. The Kier molecular flexibility index (Phi) is 7.56. The summed E-state index contributed by atoms with van der Waals surface area (Å²) in [5.74, 6) is 0.661. The average molecular weight is 471 g/mol. The molecule has 3 fully saturated rings. The van der Waals surface area contributed by atoms with Gasteiger partial charge in [0.2, 0.25) is 5.91 Å². The Morgan fingerprint density at radius 1 is 1.06 bits per heavy atom. The van der Waals surface area contributed by atoms with Crippen LogP contribution in [-0.2, 0) is 4.79 Å². The molecule has 6 nitrogen and oxygen atoms in total. The summed E-state index contributed by atoms with van der Waals surface area (Å²) < 4.78 is 5.19. The van der Waals surface area contributed by atoms with E-state index in [9.17, 15) is 14.7 Å². The van der Waals surface area contributed by atoms with E-state index < -0.39 is 6.10 Å². The van der Waals surface area contributed by atoms with Crippen molar-refractivity contribution >= 4 is 11.8 Å². The van der Waals surface area contributed by atoms with Gasteiger partial charge in [0.25, 0.3) is 5.91 Å². The molecule has 34 heavy (non-hydrogen) atoms. The van der Waals surface area contributed by atoms with Crippen LogP contribution in [0, 0.1) is 29.1 Å².